The third kappa shape index (κ3) is 12.5. The van der Waals surface area contributed by atoms with Crippen molar-refractivity contribution in [2.75, 3.05) is 40.9 Å². The highest BCUT2D eigenvalue weighted by Crippen LogP contribution is 2.11. The molecule has 0 unspecified atom stereocenters. The van der Waals surface area contributed by atoms with Gasteiger partial charge in [-0.1, -0.05) is 20.8 Å². The second kappa shape index (κ2) is 15.8. The summed E-state index contributed by atoms with van der Waals surface area (Å²) in [6.45, 7) is 10.3. The molecule has 0 aliphatic carbocycles. The SMILES string of the molecule is CC.CCN(C)CCNC(C)=O.COC(=O)c1ccc(OC)cc1. The third-order valence-electron chi connectivity index (χ3n) is 2.92. The zero-order valence-electron chi connectivity index (χ0n) is 16.0. The Bertz CT molecular complexity index is 447. The number of ether oxygens (including phenoxy) is 2. The Morgan fingerprint density at radius 2 is 1.67 bits per heavy atom. The lowest BCUT2D eigenvalue weighted by Crippen LogP contribution is -2.31. The number of nitrogens with one attached hydrogen (secondary N) is 1. The van der Waals surface area contributed by atoms with Crippen molar-refractivity contribution < 1.29 is 19.1 Å². The van der Waals surface area contributed by atoms with Crippen molar-refractivity contribution in [2.45, 2.75) is 27.7 Å². The maximum atomic E-state index is 11.0. The molecule has 0 saturated heterocycles. The third-order valence-corrected chi connectivity index (χ3v) is 2.92. The first-order valence-corrected chi connectivity index (χ1v) is 8.09. The molecule has 0 aliphatic heterocycles. The van der Waals surface area contributed by atoms with Gasteiger partial charge in [-0.05, 0) is 37.9 Å². The van der Waals surface area contributed by atoms with Crippen LogP contribution in [0.3, 0.4) is 0 Å². The number of carbonyl (C=O) groups is 2. The van der Waals surface area contributed by atoms with Crippen LogP contribution in [0.5, 0.6) is 5.75 Å². The van der Waals surface area contributed by atoms with Crippen LogP contribution in [0.1, 0.15) is 38.1 Å². The van der Waals surface area contributed by atoms with Gasteiger partial charge in [0, 0.05) is 20.0 Å². The van der Waals surface area contributed by atoms with Gasteiger partial charge in [-0.2, -0.15) is 0 Å². The van der Waals surface area contributed by atoms with Gasteiger partial charge in [0.05, 0.1) is 19.8 Å². The van der Waals surface area contributed by atoms with Gasteiger partial charge in [0.1, 0.15) is 5.75 Å². The maximum absolute atomic E-state index is 11.0. The van der Waals surface area contributed by atoms with E-state index in [1.807, 2.05) is 20.9 Å². The zero-order chi connectivity index (χ0) is 19.0. The van der Waals surface area contributed by atoms with Crippen molar-refractivity contribution in [3.05, 3.63) is 29.8 Å². The smallest absolute Gasteiger partial charge is 0.337 e. The number of likely N-dealkylation sites (N-methyl/N-ethyl adjacent to an activating group) is 1. The minimum Gasteiger partial charge on any atom is -0.497 e. The lowest BCUT2D eigenvalue weighted by molar-refractivity contribution is -0.119. The van der Waals surface area contributed by atoms with Crippen LogP contribution in [-0.4, -0.2) is 57.7 Å². The molecule has 1 N–H and O–H groups in total. The average molecular weight is 340 g/mol. The number of esters is 1. The molecule has 0 radical (unpaired) electrons. The van der Waals surface area contributed by atoms with Crippen LogP contribution in [0, 0.1) is 0 Å². The first-order chi connectivity index (χ1) is 11.4. The summed E-state index contributed by atoms with van der Waals surface area (Å²) >= 11 is 0. The quantitative estimate of drug-likeness (QED) is 0.806. The van der Waals surface area contributed by atoms with Gasteiger partial charge >= 0.3 is 5.97 Å². The molecule has 0 aromatic heterocycles. The maximum Gasteiger partial charge on any atom is 0.337 e. The van der Waals surface area contributed by atoms with E-state index in [1.165, 1.54) is 14.0 Å². The molecule has 0 spiro atoms. The molecule has 138 valence electrons. The molecule has 6 heteroatoms. The average Bonchev–Trinajstić information content (AvgIpc) is 2.62. The van der Waals surface area contributed by atoms with Crippen molar-refractivity contribution >= 4 is 11.9 Å². The first-order valence-electron chi connectivity index (χ1n) is 8.09. The van der Waals surface area contributed by atoms with E-state index in [4.69, 9.17) is 4.74 Å². The predicted octanol–water partition coefficient (Wildman–Crippen LogP) is 2.58. The number of methoxy groups -OCH3 is 2. The molecule has 0 heterocycles. The van der Waals surface area contributed by atoms with Gasteiger partial charge in [0.25, 0.3) is 0 Å². The molecular weight excluding hydrogens is 308 g/mol. The van der Waals surface area contributed by atoms with Crippen molar-refractivity contribution in [1.29, 1.82) is 0 Å². The number of hydrogen-bond donors (Lipinski definition) is 1. The molecule has 0 fully saturated rings. The highest BCUT2D eigenvalue weighted by atomic mass is 16.5. The van der Waals surface area contributed by atoms with E-state index in [2.05, 4.69) is 21.9 Å². The summed E-state index contributed by atoms with van der Waals surface area (Å²) in [6.07, 6.45) is 0. The van der Waals surface area contributed by atoms with E-state index in [-0.39, 0.29) is 11.9 Å². The minimum absolute atomic E-state index is 0.0458. The number of nitrogens with zero attached hydrogens (tertiary/aromatic N) is 1. The van der Waals surface area contributed by atoms with Crippen molar-refractivity contribution in [3.63, 3.8) is 0 Å². The van der Waals surface area contributed by atoms with E-state index in [9.17, 15) is 9.59 Å². The summed E-state index contributed by atoms with van der Waals surface area (Å²) in [6, 6.07) is 6.74. The van der Waals surface area contributed by atoms with Crippen molar-refractivity contribution in [2.24, 2.45) is 0 Å². The normalized spacial score (nSPS) is 9.00. The molecule has 1 amide bonds. The van der Waals surface area contributed by atoms with Crippen molar-refractivity contribution in [3.8, 4) is 5.75 Å². The Kier molecular flexibility index (Phi) is 15.9. The Balaban J connectivity index is 0. The lowest BCUT2D eigenvalue weighted by Gasteiger charge is -2.12. The van der Waals surface area contributed by atoms with Crippen LogP contribution < -0.4 is 10.1 Å². The van der Waals surface area contributed by atoms with Crippen LogP contribution in [0.2, 0.25) is 0 Å². The number of hydrogen-bond acceptors (Lipinski definition) is 5. The fourth-order valence-electron chi connectivity index (χ4n) is 1.43. The topological polar surface area (TPSA) is 67.9 Å². The number of benzene rings is 1. The van der Waals surface area contributed by atoms with Crippen LogP contribution >= 0.6 is 0 Å². The van der Waals surface area contributed by atoms with Gasteiger partial charge in [-0.3, -0.25) is 4.79 Å². The van der Waals surface area contributed by atoms with E-state index < -0.39 is 0 Å². The number of rotatable bonds is 6. The van der Waals surface area contributed by atoms with Crippen LogP contribution in [0.4, 0.5) is 0 Å². The fourth-order valence-corrected chi connectivity index (χ4v) is 1.43. The number of amides is 1. The van der Waals surface area contributed by atoms with E-state index in [0.717, 1.165) is 25.4 Å². The highest BCUT2D eigenvalue weighted by molar-refractivity contribution is 5.89. The number of carbonyl (C=O) groups excluding carboxylic acids is 2. The molecule has 1 rings (SSSR count). The summed E-state index contributed by atoms with van der Waals surface area (Å²) < 4.78 is 9.46. The van der Waals surface area contributed by atoms with E-state index >= 15 is 0 Å². The largest absolute Gasteiger partial charge is 0.497 e. The Labute approximate surface area is 146 Å². The molecule has 0 aliphatic rings. The standard InChI is InChI=1S/C9H10O3.C7H16N2O.C2H6/c1-11-8-5-3-7(4-6-8)9(10)12-2;1-4-9(3)6-5-8-7(2)10;1-2/h3-6H,1-2H3;4-6H2,1-3H3,(H,8,10);1-2H3. The Hall–Kier alpha value is -2.08. The van der Waals surface area contributed by atoms with Gasteiger partial charge in [-0.25, -0.2) is 4.79 Å². The summed E-state index contributed by atoms with van der Waals surface area (Å²) in [5.41, 5.74) is 0.526. The lowest BCUT2D eigenvalue weighted by atomic mass is 10.2. The van der Waals surface area contributed by atoms with Gasteiger partial charge in [-0.15, -0.1) is 0 Å². The minimum atomic E-state index is -0.336. The summed E-state index contributed by atoms with van der Waals surface area (Å²) in [4.78, 5) is 23.5. The first kappa shape index (κ1) is 24.2. The van der Waals surface area contributed by atoms with E-state index in [0.29, 0.717) is 5.56 Å². The second-order valence-corrected chi connectivity index (χ2v) is 4.60. The van der Waals surface area contributed by atoms with Crippen LogP contribution in [-0.2, 0) is 9.53 Å². The van der Waals surface area contributed by atoms with E-state index in [1.54, 1.807) is 31.4 Å². The summed E-state index contributed by atoms with van der Waals surface area (Å²) in [7, 11) is 4.96. The predicted molar refractivity (Wildman–Crippen MR) is 97.5 cm³/mol. The molecule has 0 bridgehead atoms. The van der Waals surface area contributed by atoms with Gasteiger partial charge in [0.15, 0.2) is 0 Å². The molecule has 1 aromatic rings. The molecule has 24 heavy (non-hydrogen) atoms. The van der Waals surface area contributed by atoms with Gasteiger partial charge < -0.3 is 19.7 Å². The van der Waals surface area contributed by atoms with Gasteiger partial charge in [0.2, 0.25) is 5.91 Å². The highest BCUT2D eigenvalue weighted by Gasteiger charge is 2.03. The molecular formula is C18H32N2O4. The van der Waals surface area contributed by atoms with Crippen LogP contribution in [0.25, 0.3) is 0 Å². The monoisotopic (exact) mass is 340 g/mol. The second-order valence-electron chi connectivity index (χ2n) is 4.60. The zero-order valence-corrected chi connectivity index (χ0v) is 16.0. The van der Waals surface area contributed by atoms with Crippen molar-refractivity contribution in [1.82, 2.24) is 10.2 Å². The molecule has 0 atom stereocenters. The summed E-state index contributed by atoms with van der Waals surface area (Å²) in [5, 5.41) is 2.73. The molecule has 0 saturated carbocycles. The fraction of sp³-hybridized carbons (Fsp3) is 0.556. The molecule has 1 aromatic carbocycles. The Morgan fingerprint density at radius 3 is 2.04 bits per heavy atom. The van der Waals surface area contributed by atoms with Crippen LogP contribution in [0.15, 0.2) is 24.3 Å². The Morgan fingerprint density at radius 1 is 1.12 bits per heavy atom. The summed E-state index contributed by atoms with van der Waals surface area (Å²) in [5.74, 6) is 0.435. The molecule has 6 nitrogen and oxygen atoms in total.